The molecule has 0 spiro atoms. The van der Waals surface area contributed by atoms with E-state index in [0.29, 0.717) is 17.7 Å². The minimum atomic E-state index is -0.352. The van der Waals surface area contributed by atoms with Crippen molar-refractivity contribution < 1.29 is 14.0 Å². The summed E-state index contributed by atoms with van der Waals surface area (Å²) < 4.78 is 16.0. The molecule has 0 unspecified atom stereocenters. The molecule has 2 N–H and O–H groups in total. The number of piperazine rings is 1. The van der Waals surface area contributed by atoms with Crippen LogP contribution in [0, 0.1) is 11.7 Å². The van der Waals surface area contributed by atoms with Crippen LogP contribution in [0.2, 0.25) is 0 Å². The van der Waals surface area contributed by atoms with Gasteiger partial charge in [0.1, 0.15) is 11.6 Å². The van der Waals surface area contributed by atoms with Gasteiger partial charge in [-0.1, -0.05) is 19.1 Å². The fourth-order valence-corrected chi connectivity index (χ4v) is 6.48. The molecule has 4 aromatic rings. The number of nitrogens with zero attached hydrogens (tertiary/aromatic N) is 4. The number of halogens is 1. The molecule has 1 aromatic carbocycles. The van der Waals surface area contributed by atoms with Crippen molar-refractivity contribution in [2.45, 2.75) is 45.7 Å². The number of hydrogen-bond acceptors (Lipinski definition) is 7. The maximum atomic E-state index is 15.0. The summed E-state index contributed by atoms with van der Waals surface area (Å²) in [6.07, 6.45) is 6.13. The fourth-order valence-electron chi connectivity index (χ4n) is 5.38. The van der Waals surface area contributed by atoms with E-state index < -0.39 is 0 Å². The third-order valence-electron chi connectivity index (χ3n) is 8.27. The molecule has 1 saturated heterocycles. The third kappa shape index (κ3) is 7.44. The molecule has 224 valence electrons. The van der Waals surface area contributed by atoms with Crippen molar-refractivity contribution in [3.63, 3.8) is 0 Å². The van der Waals surface area contributed by atoms with Crippen LogP contribution >= 0.6 is 11.3 Å². The molecule has 3 aromatic heterocycles. The lowest BCUT2D eigenvalue weighted by molar-refractivity contribution is -0.120. The number of benzene rings is 1. The van der Waals surface area contributed by atoms with Gasteiger partial charge in [-0.2, -0.15) is 0 Å². The highest BCUT2D eigenvalue weighted by Gasteiger charge is 2.23. The van der Waals surface area contributed by atoms with Gasteiger partial charge in [-0.05, 0) is 66.8 Å². The molecule has 6 rings (SSSR count). The zero-order valence-corrected chi connectivity index (χ0v) is 25.4. The van der Waals surface area contributed by atoms with Crippen LogP contribution in [0.4, 0.5) is 14.9 Å². The summed E-state index contributed by atoms with van der Waals surface area (Å²) in [5.74, 6) is -0.0103. The summed E-state index contributed by atoms with van der Waals surface area (Å²) in [4.78, 5) is 38.8. The van der Waals surface area contributed by atoms with Crippen LogP contribution in [0.3, 0.4) is 0 Å². The number of nitrogens with one attached hydrogen (secondary N) is 2. The van der Waals surface area contributed by atoms with Gasteiger partial charge in [0, 0.05) is 75.7 Å². The molecule has 1 aliphatic carbocycles. The second-order valence-electron chi connectivity index (χ2n) is 11.8. The van der Waals surface area contributed by atoms with Gasteiger partial charge >= 0.3 is 6.03 Å². The van der Waals surface area contributed by atoms with Gasteiger partial charge in [-0.15, -0.1) is 11.3 Å². The molecule has 0 radical (unpaired) electrons. The van der Waals surface area contributed by atoms with Crippen LogP contribution in [-0.2, 0) is 17.8 Å². The lowest BCUT2D eigenvalue weighted by Gasteiger charge is -2.35. The lowest BCUT2D eigenvalue weighted by atomic mass is 10.0. The number of carbonyl (C=O) groups excluding carboxylic acids is 2. The van der Waals surface area contributed by atoms with Crippen LogP contribution in [0.25, 0.3) is 20.8 Å². The highest BCUT2D eigenvalue weighted by molar-refractivity contribution is 7.22. The maximum absolute atomic E-state index is 15.0. The smallest absolute Gasteiger partial charge is 0.319 e. The second kappa shape index (κ2) is 12.9. The minimum Gasteiger partial charge on any atom is -0.335 e. The van der Waals surface area contributed by atoms with Gasteiger partial charge in [-0.3, -0.25) is 19.7 Å². The highest BCUT2D eigenvalue weighted by Crippen LogP contribution is 2.35. The molecule has 0 bridgehead atoms. The number of rotatable bonds is 10. The molecule has 1 atom stereocenters. The Kier molecular flexibility index (Phi) is 8.78. The molecule has 2 amide bonds. The Morgan fingerprint density at radius 2 is 1.81 bits per heavy atom. The van der Waals surface area contributed by atoms with Gasteiger partial charge < -0.3 is 15.5 Å². The van der Waals surface area contributed by atoms with Gasteiger partial charge in [0.25, 0.3) is 0 Å². The van der Waals surface area contributed by atoms with Crippen LogP contribution < -0.4 is 10.6 Å². The van der Waals surface area contributed by atoms with E-state index in [4.69, 9.17) is 4.98 Å². The lowest BCUT2D eigenvalue weighted by Crippen LogP contribution is -2.47. The van der Waals surface area contributed by atoms with Crippen molar-refractivity contribution in [1.29, 1.82) is 0 Å². The van der Waals surface area contributed by atoms with E-state index in [9.17, 15) is 9.59 Å². The first kappa shape index (κ1) is 29.3. The number of Topliss-reactive ketones (excluding diaryl/α,β-unsaturated/α-hetero) is 1. The molecule has 1 saturated carbocycles. The molecule has 10 heteroatoms. The molecule has 43 heavy (non-hydrogen) atoms. The van der Waals surface area contributed by atoms with Gasteiger partial charge in [-0.25, -0.2) is 9.18 Å². The summed E-state index contributed by atoms with van der Waals surface area (Å²) in [7, 11) is 0. The number of urea groups is 1. The van der Waals surface area contributed by atoms with E-state index >= 15 is 4.39 Å². The zero-order chi connectivity index (χ0) is 29.9. The molecule has 1 aliphatic heterocycles. The number of anilines is 1. The average molecular weight is 601 g/mol. The minimum absolute atomic E-state index is 0.0887. The SMILES string of the molecule is CC(=O)[C@H](C)CN1CCN(Cc2ccc(-c3cc4nccc(Cc5ccc(NC(=O)NC6CC6)cc5F)c4s3)nc2)CC1. The van der Waals surface area contributed by atoms with E-state index in [1.807, 2.05) is 19.2 Å². The molecular formula is C33H37FN6O2S. The highest BCUT2D eigenvalue weighted by atomic mass is 32.1. The largest absolute Gasteiger partial charge is 0.335 e. The maximum Gasteiger partial charge on any atom is 0.319 e. The van der Waals surface area contributed by atoms with Gasteiger partial charge in [0.05, 0.1) is 20.8 Å². The Morgan fingerprint density at radius 1 is 1.02 bits per heavy atom. The van der Waals surface area contributed by atoms with Crippen LogP contribution in [0.5, 0.6) is 0 Å². The normalized spacial score (nSPS) is 16.7. The molecule has 8 nitrogen and oxygen atoms in total. The first-order valence-corrected chi connectivity index (χ1v) is 15.8. The number of amides is 2. The van der Waals surface area contributed by atoms with E-state index in [2.05, 4.69) is 43.6 Å². The molecular weight excluding hydrogens is 563 g/mol. The Labute approximate surface area is 255 Å². The van der Waals surface area contributed by atoms with Crippen molar-refractivity contribution in [3.05, 3.63) is 77.4 Å². The topological polar surface area (TPSA) is 90.5 Å². The van der Waals surface area contributed by atoms with E-state index in [1.54, 1.807) is 36.6 Å². The molecule has 2 aliphatic rings. The number of thiophene rings is 1. The summed E-state index contributed by atoms with van der Waals surface area (Å²) in [5.41, 5.74) is 4.94. The standard InChI is InChI=1S/C33H37FN6O2S/c1-21(22(2)41)19-39-11-13-40(14-12-39)20-23-3-8-29(36-18-23)31-17-30-32(43-31)25(9-10-35-30)15-24-4-5-27(16-28(24)34)38-33(42)37-26-6-7-26/h3-5,8-10,16-18,21,26H,6-7,11-15,19-20H2,1-2H3,(H2,37,38,42)/t21-/m1/s1. The van der Waals surface area contributed by atoms with Crippen molar-refractivity contribution in [2.24, 2.45) is 5.92 Å². The molecule has 2 fully saturated rings. The predicted molar refractivity (Wildman–Crippen MR) is 169 cm³/mol. The summed E-state index contributed by atoms with van der Waals surface area (Å²) in [6, 6.07) is 13.0. The van der Waals surface area contributed by atoms with Crippen LogP contribution in [0.15, 0.2) is 54.9 Å². The fraction of sp³-hybridized carbons (Fsp3) is 0.394. The number of carbonyl (C=O) groups is 2. The summed E-state index contributed by atoms with van der Waals surface area (Å²) >= 11 is 1.62. The Bertz CT molecular complexity index is 1610. The second-order valence-corrected chi connectivity index (χ2v) is 12.8. The van der Waals surface area contributed by atoms with Gasteiger partial charge in [0.2, 0.25) is 0 Å². The Morgan fingerprint density at radius 3 is 2.51 bits per heavy atom. The number of hydrogen-bond donors (Lipinski definition) is 2. The number of pyridine rings is 2. The third-order valence-corrected chi connectivity index (χ3v) is 9.49. The number of fused-ring (bicyclic) bond motifs is 1. The quantitative estimate of drug-likeness (QED) is 0.242. The Hall–Kier alpha value is -3.73. The van der Waals surface area contributed by atoms with Crippen molar-refractivity contribution in [2.75, 3.05) is 38.0 Å². The van der Waals surface area contributed by atoms with E-state index in [0.717, 1.165) is 78.5 Å². The first-order chi connectivity index (χ1) is 20.8. The first-order valence-electron chi connectivity index (χ1n) is 14.9. The monoisotopic (exact) mass is 600 g/mol. The van der Waals surface area contributed by atoms with Gasteiger partial charge in [0.15, 0.2) is 0 Å². The summed E-state index contributed by atoms with van der Waals surface area (Å²) in [6.45, 7) is 9.28. The number of aromatic nitrogens is 2. The van der Waals surface area contributed by atoms with Crippen molar-refractivity contribution in [1.82, 2.24) is 25.1 Å². The van der Waals surface area contributed by atoms with Crippen molar-refractivity contribution >= 4 is 39.1 Å². The van der Waals surface area contributed by atoms with E-state index in [1.165, 1.54) is 11.6 Å². The van der Waals surface area contributed by atoms with Crippen LogP contribution in [0.1, 0.15) is 43.4 Å². The number of ketones is 1. The Balaban J connectivity index is 1.08. The predicted octanol–water partition coefficient (Wildman–Crippen LogP) is 5.71. The summed E-state index contributed by atoms with van der Waals surface area (Å²) in [5, 5.41) is 5.56. The van der Waals surface area contributed by atoms with E-state index in [-0.39, 0.29) is 29.6 Å². The van der Waals surface area contributed by atoms with Crippen molar-refractivity contribution in [3.8, 4) is 10.6 Å². The average Bonchev–Trinajstić information content (AvgIpc) is 3.69. The van der Waals surface area contributed by atoms with Crippen LogP contribution in [-0.4, -0.2) is 70.3 Å². The zero-order valence-electron chi connectivity index (χ0n) is 24.6. The molecule has 4 heterocycles.